The van der Waals surface area contributed by atoms with Crippen molar-refractivity contribution in [2.75, 3.05) is 13.6 Å². The standard InChI is InChI=1S/C27H20NO4/c1-28-13-21-25(18(9-16-5-3-2-4-6-16)11-24-27(21)32-15-31-24)19-8-7-17-10-22-23(30-14-29-22)12-20(17)26(19)28/h2-8,10-13H,9,14-15H2,1H3/q+1. The molecule has 0 spiro atoms. The molecule has 4 aromatic carbocycles. The summed E-state index contributed by atoms with van der Waals surface area (Å²) in [6.07, 6.45) is 2.97. The number of aromatic nitrogens is 1. The fourth-order valence-electron chi connectivity index (χ4n) is 5.06. The third-order valence-electron chi connectivity index (χ3n) is 6.45. The van der Waals surface area contributed by atoms with Crippen molar-refractivity contribution in [1.29, 1.82) is 0 Å². The quantitative estimate of drug-likeness (QED) is 0.296. The molecule has 0 atom stereocenters. The van der Waals surface area contributed by atoms with E-state index in [1.165, 1.54) is 21.9 Å². The normalized spacial score (nSPS) is 14.0. The number of nitrogens with zero attached hydrogens (tertiary/aromatic N) is 1. The largest absolute Gasteiger partial charge is 0.454 e. The highest BCUT2D eigenvalue weighted by Crippen LogP contribution is 2.45. The molecule has 5 heteroatoms. The van der Waals surface area contributed by atoms with E-state index in [4.69, 9.17) is 18.9 Å². The van der Waals surface area contributed by atoms with Gasteiger partial charge in [-0.15, -0.1) is 0 Å². The van der Waals surface area contributed by atoms with Crippen LogP contribution in [0.2, 0.25) is 0 Å². The highest BCUT2D eigenvalue weighted by molar-refractivity contribution is 6.16. The van der Waals surface area contributed by atoms with Crippen LogP contribution in [0.1, 0.15) is 11.1 Å². The molecule has 2 aliphatic rings. The topological polar surface area (TPSA) is 40.8 Å². The number of aryl methyl sites for hydroxylation is 1. The maximum absolute atomic E-state index is 5.90. The van der Waals surface area contributed by atoms with E-state index in [9.17, 15) is 0 Å². The summed E-state index contributed by atoms with van der Waals surface area (Å²) in [5.74, 6) is 3.22. The average molecular weight is 422 g/mol. The zero-order valence-electron chi connectivity index (χ0n) is 17.6. The van der Waals surface area contributed by atoms with E-state index in [2.05, 4.69) is 72.4 Å². The van der Waals surface area contributed by atoms with E-state index < -0.39 is 0 Å². The summed E-state index contributed by atoms with van der Waals surface area (Å²) in [7, 11) is 2.08. The molecule has 7 rings (SSSR count). The van der Waals surface area contributed by atoms with Crippen LogP contribution in [0.4, 0.5) is 0 Å². The molecule has 3 heterocycles. The van der Waals surface area contributed by atoms with Gasteiger partial charge in [-0.05, 0) is 47.2 Å². The first-order chi connectivity index (χ1) is 15.8. The molecule has 0 unspecified atom stereocenters. The molecule has 0 aliphatic carbocycles. The van der Waals surface area contributed by atoms with Gasteiger partial charge >= 0.3 is 0 Å². The maximum atomic E-state index is 5.90. The predicted molar refractivity (Wildman–Crippen MR) is 122 cm³/mol. The molecule has 2 aliphatic heterocycles. The van der Waals surface area contributed by atoms with E-state index in [1.807, 2.05) is 6.07 Å². The predicted octanol–water partition coefficient (Wildman–Crippen LogP) is 5.02. The molecule has 0 amide bonds. The molecule has 0 radical (unpaired) electrons. The van der Waals surface area contributed by atoms with Crippen LogP contribution in [0, 0.1) is 0 Å². The zero-order valence-corrected chi connectivity index (χ0v) is 17.6. The Kier molecular flexibility index (Phi) is 3.59. The summed E-state index contributed by atoms with van der Waals surface area (Å²) in [4.78, 5) is 0. The summed E-state index contributed by atoms with van der Waals surface area (Å²) >= 11 is 0. The molecule has 0 saturated carbocycles. The number of fused-ring (bicyclic) bond motifs is 8. The molecule has 5 nitrogen and oxygen atoms in total. The molecule has 0 fully saturated rings. The minimum atomic E-state index is 0.252. The van der Waals surface area contributed by atoms with Crippen molar-refractivity contribution in [3.63, 3.8) is 0 Å². The van der Waals surface area contributed by atoms with Gasteiger partial charge in [-0.1, -0.05) is 36.4 Å². The molecule has 0 N–H and O–H groups in total. The van der Waals surface area contributed by atoms with Crippen LogP contribution >= 0.6 is 0 Å². The molecule has 5 aromatic rings. The monoisotopic (exact) mass is 422 g/mol. The minimum Gasteiger partial charge on any atom is -0.454 e. The van der Waals surface area contributed by atoms with Gasteiger partial charge in [0.1, 0.15) is 7.05 Å². The Balaban J connectivity index is 1.59. The summed E-state index contributed by atoms with van der Waals surface area (Å²) in [5, 5.41) is 5.72. The van der Waals surface area contributed by atoms with Gasteiger partial charge < -0.3 is 18.9 Å². The second-order valence-electron chi connectivity index (χ2n) is 8.35. The Hall–Kier alpha value is -3.99. The number of benzene rings is 4. The van der Waals surface area contributed by atoms with Gasteiger partial charge in [-0.25, -0.2) is 0 Å². The Morgan fingerprint density at radius 1 is 0.750 bits per heavy atom. The van der Waals surface area contributed by atoms with Gasteiger partial charge in [0.15, 0.2) is 29.2 Å². The molecule has 1 aromatic heterocycles. The number of hydrogen-bond donors (Lipinski definition) is 0. The second-order valence-corrected chi connectivity index (χ2v) is 8.35. The zero-order chi connectivity index (χ0) is 21.2. The molecule has 0 bridgehead atoms. The van der Waals surface area contributed by atoms with Crippen molar-refractivity contribution in [1.82, 2.24) is 0 Å². The van der Waals surface area contributed by atoms with Crippen LogP contribution in [-0.2, 0) is 13.5 Å². The molecular weight excluding hydrogens is 402 g/mol. The highest BCUT2D eigenvalue weighted by Gasteiger charge is 2.26. The number of pyridine rings is 1. The first-order valence-corrected chi connectivity index (χ1v) is 10.7. The summed E-state index contributed by atoms with van der Waals surface area (Å²) < 4.78 is 25.1. The van der Waals surface area contributed by atoms with Crippen LogP contribution in [0.5, 0.6) is 23.0 Å². The summed E-state index contributed by atoms with van der Waals surface area (Å²) in [5.41, 5.74) is 3.64. The first-order valence-electron chi connectivity index (χ1n) is 10.7. The molecular formula is C27H20NO4+. The lowest BCUT2D eigenvalue weighted by Crippen LogP contribution is -2.28. The van der Waals surface area contributed by atoms with E-state index in [-0.39, 0.29) is 13.6 Å². The molecule has 156 valence electrons. The van der Waals surface area contributed by atoms with E-state index in [0.29, 0.717) is 0 Å². The van der Waals surface area contributed by atoms with Gasteiger partial charge in [-0.3, -0.25) is 0 Å². The third-order valence-corrected chi connectivity index (χ3v) is 6.45. The third kappa shape index (κ3) is 2.48. The lowest BCUT2D eigenvalue weighted by molar-refractivity contribution is -0.642. The SMILES string of the molecule is C[n+]1cc2c3c(cc(Cc4ccccc4)c2c2ccc4cc5c(cc4c21)OCO5)OCO3. The van der Waals surface area contributed by atoms with Crippen molar-refractivity contribution in [3.8, 4) is 23.0 Å². The van der Waals surface area contributed by atoms with E-state index in [1.54, 1.807) is 0 Å². The lowest BCUT2D eigenvalue weighted by Gasteiger charge is -2.13. The number of ether oxygens (including phenoxy) is 4. The van der Waals surface area contributed by atoms with Gasteiger partial charge in [0.2, 0.25) is 19.1 Å². The van der Waals surface area contributed by atoms with Crippen molar-refractivity contribution >= 4 is 32.4 Å². The van der Waals surface area contributed by atoms with Crippen molar-refractivity contribution in [3.05, 3.63) is 78.0 Å². The van der Waals surface area contributed by atoms with Crippen molar-refractivity contribution in [2.24, 2.45) is 7.05 Å². The Bertz CT molecular complexity index is 1560. The smallest absolute Gasteiger partial charge is 0.231 e. The summed E-state index contributed by atoms with van der Waals surface area (Å²) in [6, 6.07) is 21.2. The lowest BCUT2D eigenvalue weighted by atomic mass is 9.93. The van der Waals surface area contributed by atoms with Crippen LogP contribution in [-0.4, -0.2) is 13.6 Å². The van der Waals surface area contributed by atoms with Gasteiger partial charge in [0.05, 0.1) is 16.2 Å². The minimum absolute atomic E-state index is 0.252. The number of hydrogen-bond acceptors (Lipinski definition) is 4. The fraction of sp³-hybridized carbons (Fsp3) is 0.148. The Labute approximate surface area is 184 Å². The van der Waals surface area contributed by atoms with Crippen LogP contribution < -0.4 is 23.5 Å². The molecule has 32 heavy (non-hydrogen) atoms. The van der Waals surface area contributed by atoms with Crippen LogP contribution in [0.3, 0.4) is 0 Å². The highest BCUT2D eigenvalue weighted by atomic mass is 16.7. The molecule has 0 saturated heterocycles. The van der Waals surface area contributed by atoms with E-state index >= 15 is 0 Å². The summed E-state index contributed by atoms with van der Waals surface area (Å²) in [6.45, 7) is 0.519. The van der Waals surface area contributed by atoms with Gasteiger partial charge in [-0.2, -0.15) is 4.57 Å². The average Bonchev–Trinajstić information content (AvgIpc) is 3.47. The van der Waals surface area contributed by atoms with Gasteiger partial charge in [0.25, 0.3) is 0 Å². The van der Waals surface area contributed by atoms with Crippen LogP contribution in [0.15, 0.2) is 66.9 Å². The van der Waals surface area contributed by atoms with Crippen molar-refractivity contribution < 1.29 is 23.5 Å². The maximum Gasteiger partial charge on any atom is 0.231 e. The second kappa shape index (κ2) is 6.50. The van der Waals surface area contributed by atoms with Crippen molar-refractivity contribution in [2.45, 2.75) is 6.42 Å². The van der Waals surface area contributed by atoms with Crippen LogP contribution in [0.25, 0.3) is 32.4 Å². The fourth-order valence-corrected chi connectivity index (χ4v) is 5.06. The van der Waals surface area contributed by atoms with E-state index in [0.717, 1.165) is 51.1 Å². The van der Waals surface area contributed by atoms with Gasteiger partial charge in [0, 0.05) is 5.39 Å². The Morgan fingerprint density at radius 2 is 1.53 bits per heavy atom. The first kappa shape index (κ1) is 17.7. The Morgan fingerprint density at radius 3 is 2.41 bits per heavy atom. The number of rotatable bonds is 2.